The van der Waals surface area contributed by atoms with Gasteiger partial charge in [0.2, 0.25) is 5.91 Å². The van der Waals surface area contributed by atoms with Crippen LogP contribution < -0.4 is 10.2 Å². The lowest BCUT2D eigenvalue weighted by molar-refractivity contribution is -0.129. The van der Waals surface area contributed by atoms with Crippen LogP contribution in [-0.4, -0.2) is 63.9 Å². The molecular weight excluding hydrogens is 322 g/mol. The van der Waals surface area contributed by atoms with Crippen LogP contribution in [0.3, 0.4) is 0 Å². The van der Waals surface area contributed by atoms with E-state index in [0.717, 1.165) is 18.8 Å². The maximum atomic E-state index is 12.2. The van der Waals surface area contributed by atoms with E-state index in [4.69, 9.17) is 0 Å². The molecule has 1 aliphatic heterocycles. The third-order valence-corrected chi connectivity index (χ3v) is 4.03. The Morgan fingerprint density at radius 1 is 1.24 bits per heavy atom. The molecule has 1 aliphatic rings. The summed E-state index contributed by atoms with van der Waals surface area (Å²) >= 11 is 0. The first-order valence-corrected chi connectivity index (χ1v) is 8.15. The molecular formula is C16H21N7O2. The summed E-state index contributed by atoms with van der Waals surface area (Å²) in [6, 6.07) is 3.71. The fourth-order valence-electron chi connectivity index (χ4n) is 2.56. The van der Waals surface area contributed by atoms with Crippen LogP contribution in [0, 0.1) is 0 Å². The second kappa shape index (κ2) is 7.29. The van der Waals surface area contributed by atoms with Gasteiger partial charge in [0.15, 0.2) is 5.69 Å². The second-order valence-electron chi connectivity index (χ2n) is 6.14. The number of nitrogens with zero attached hydrogens (tertiary/aromatic N) is 6. The Bertz CT molecular complexity index is 748. The highest BCUT2D eigenvalue weighted by Crippen LogP contribution is 2.20. The van der Waals surface area contributed by atoms with Crippen molar-refractivity contribution < 1.29 is 9.59 Å². The summed E-state index contributed by atoms with van der Waals surface area (Å²) in [7, 11) is 3.31. The number of carbonyl (C=O) groups excluding carboxylic acids is 2. The molecule has 0 spiro atoms. The van der Waals surface area contributed by atoms with Gasteiger partial charge in [-0.2, -0.15) is 0 Å². The Balaban J connectivity index is 1.60. The van der Waals surface area contributed by atoms with Crippen molar-refractivity contribution >= 4 is 23.3 Å². The first kappa shape index (κ1) is 16.9. The molecule has 0 bridgehead atoms. The molecule has 9 nitrogen and oxygen atoms in total. The van der Waals surface area contributed by atoms with Crippen LogP contribution in [0.25, 0.3) is 0 Å². The van der Waals surface area contributed by atoms with Gasteiger partial charge in [-0.25, -0.2) is 9.67 Å². The minimum atomic E-state index is -0.412. The number of pyridine rings is 1. The van der Waals surface area contributed by atoms with E-state index in [2.05, 4.69) is 25.5 Å². The lowest BCUT2D eigenvalue weighted by atomic mass is 10.3. The maximum Gasteiger partial charge on any atom is 0.278 e. The van der Waals surface area contributed by atoms with Gasteiger partial charge in [-0.1, -0.05) is 5.21 Å². The summed E-state index contributed by atoms with van der Waals surface area (Å²) in [6.45, 7) is 2.13. The van der Waals surface area contributed by atoms with Gasteiger partial charge in [0.1, 0.15) is 12.4 Å². The summed E-state index contributed by atoms with van der Waals surface area (Å²) in [5.74, 6) is -0.0899. The number of likely N-dealkylation sites (N-methyl/N-ethyl adjacent to an activating group) is 1. The number of hydrogen-bond donors (Lipinski definition) is 1. The van der Waals surface area contributed by atoms with E-state index in [-0.39, 0.29) is 18.1 Å². The minimum absolute atomic E-state index is 0.0378. The van der Waals surface area contributed by atoms with Crippen LogP contribution in [0.5, 0.6) is 0 Å². The molecule has 3 rings (SSSR count). The van der Waals surface area contributed by atoms with E-state index >= 15 is 0 Å². The molecule has 2 amide bonds. The van der Waals surface area contributed by atoms with Crippen molar-refractivity contribution in [1.29, 1.82) is 0 Å². The quantitative estimate of drug-likeness (QED) is 0.855. The fraction of sp³-hybridized carbons (Fsp3) is 0.438. The third-order valence-electron chi connectivity index (χ3n) is 4.03. The molecule has 0 aliphatic carbocycles. The number of nitrogens with one attached hydrogen (secondary N) is 1. The monoisotopic (exact) mass is 343 g/mol. The first-order chi connectivity index (χ1) is 12.0. The van der Waals surface area contributed by atoms with Crippen LogP contribution >= 0.6 is 0 Å². The highest BCUT2D eigenvalue weighted by atomic mass is 16.2. The molecule has 3 heterocycles. The van der Waals surface area contributed by atoms with Gasteiger partial charge in [-0.05, 0) is 25.0 Å². The zero-order chi connectivity index (χ0) is 17.8. The number of carbonyl (C=O) groups is 2. The molecule has 1 saturated heterocycles. The van der Waals surface area contributed by atoms with E-state index in [1.54, 1.807) is 26.4 Å². The van der Waals surface area contributed by atoms with Gasteiger partial charge in [-0.15, -0.1) is 5.10 Å². The highest BCUT2D eigenvalue weighted by Gasteiger charge is 2.15. The Hall–Kier alpha value is -2.97. The fourth-order valence-corrected chi connectivity index (χ4v) is 2.56. The Kier molecular flexibility index (Phi) is 4.92. The normalized spacial score (nSPS) is 13.8. The smallest absolute Gasteiger partial charge is 0.278 e. The Morgan fingerprint density at radius 3 is 2.64 bits per heavy atom. The number of anilines is 2. The molecule has 1 fully saturated rings. The van der Waals surface area contributed by atoms with Gasteiger partial charge in [0.05, 0.1) is 18.1 Å². The molecule has 0 unspecified atom stereocenters. The van der Waals surface area contributed by atoms with Crippen molar-refractivity contribution in [3.05, 3.63) is 30.2 Å². The standard InChI is InChI=1S/C16H21N7O2/c1-21(2)15(24)11-23-10-13(19-20-23)16(25)18-14-6-5-12(9-17-14)22-7-3-4-8-22/h5-6,9-10H,3-4,7-8,11H2,1-2H3,(H,17,18,25). The zero-order valence-corrected chi connectivity index (χ0v) is 14.3. The SMILES string of the molecule is CN(C)C(=O)Cn1cc(C(=O)Nc2ccc(N3CCCC3)cn2)nn1. The average Bonchev–Trinajstić information content (AvgIpc) is 3.27. The van der Waals surface area contributed by atoms with Crippen molar-refractivity contribution in [2.75, 3.05) is 37.4 Å². The summed E-state index contributed by atoms with van der Waals surface area (Å²) in [5.41, 5.74) is 1.20. The molecule has 132 valence electrons. The summed E-state index contributed by atoms with van der Waals surface area (Å²) in [6.07, 6.45) is 5.60. The molecule has 0 radical (unpaired) electrons. The minimum Gasteiger partial charge on any atom is -0.370 e. The van der Waals surface area contributed by atoms with Crippen LogP contribution in [0.1, 0.15) is 23.3 Å². The molecule has 0 saturated carbocycles. The molecule has 2 aromatic heterocycles. The molecule has 0 atom stereocenters. The highest BCUT2D eigenvalue weighted by molar-refractivity contribution is 6.02. The van der Waals surface area contributed by atoms with Crippen LogP contribution in [-0.2, 0) is 11.3 Å². The summed E-state index contributed by atoms with van der Waals surface area (Å²) in [4.78, 5) is 31.9. The zero-order valence-electron chi connectivity index (χ0n) is 14.3. The molecule has 0 aromatic carbocycles. The predicted molar refractivity (Wildman–Crippen MR) is 92.4 cm³/mol. The average molecular weight is 343 g/mol. The number of rotatable bonds is 5. The Morgan fingerprint density at radius 2 is 2.00 bits per heavy atom. The van der Waals surface area contributed by atoms with E-state index in [1.807, 2.05) is 6.07 Å². The van der Waals surface area contributed by atoms with Crippen LogP contribution in [0.4, 0.5) is 11.5 Å². The first-order valence-electron chi connectivity index (χ1n) is 8.15. The van der Waals surface area contributed by atoms with Crippen molar-refractivity contribution in [3.8, 4) is 0 Å². The summed E-state index contributed by atoms with van der Waals surface area (Å²) in [5, 5.41) is 10.3. The van der Waals surface area contributed by atoms with E-state index in [0.29, 0.717) is 5.82 Å². The van der Waals surface area contributed by atoms with Crippen molar-refractivity contribution in [1.82, 2.24) is 24.9 Å². The largest absolute Gasteiger partial charge is 0.370 e. The number of amides is 2. The van der Waals surface area contributed by atoms with Crippen molar-refractivity contribution in [2.45, 2.75) is 19.4 Å². The van der Waals surface area contributed by atoms with E-state index in [9.17, 15) is 9.59 Å². The van der Waals surface area contributed by atoms with Crippen LogP contribution in [0.15, 0.2) is 24.5 Å². The van der Waals surface area contributed by atoms with Gasteiger partial charge in [0.25, 0.3) is 5.91 Å². The number of aromatic nitrogens is 4. The predicted octanol–water partition coefficient (Wildman–Crippen LogP) is 0.614. The second-order valence-corrected chi connectivity index (χ2v) is 6.14. The van der Waals surface area contributed by atoms with Crippen molar-refractivity contribution in [3.63, 3.8) is 0 Å². The molecule has 2 aromatic rings. The van der Waals surface area contributed by atoms with Crippen LogP contribution in [0.2, 0.25) is 0 Å². The lowest BCUT2D eigenvalue weighted by Crippen LogP contribution is -2.26. The third kappa shape index (κ3) is 4.11. The van der Waals surface area contributed by atoms with E-state index in [1.165, 1.54) is 28.6 Å². The molecule has 1 N–H and O–H groups in total. The van der Waals surface area contributed by atoms with Gasteiger partial charge < -0.3 is 15.1 Å². The Labute approximate surface area is 145 Å². The maximum absolute atomic E-state index is 12.2. The van der Waals surface area contributed by atoms with Gasteiger partial charge >= 0.3 is 0 Å². The van der Waals surface area contributed by atoms with Crippen molar-refractivity contribution in [2.24, 2.45) is 0 Å². The van der Waals surface area contributed by atoms with Gasteiger partial charge in [0, 0.05) is 27.2 Å². The van der Waals surface area contributed by atoms with Gasteiger partial charge in [-0.3, -0.25) is 9.59 Å². The molecule has 25 heavy (non-hydrogen) atoms. The summed E-state index contributed by atoms with van der Waals surface area (Å²) < 4.78 is 1.33. The van der Waals surface area contributed by atoms with E-state index < -0.39 is 5.91 Å². The topological polar surface area (TPSA) is 96.2 Å². The molecule has 9 heteroatoms. The lowest BCUT2D eigenvalue weighted by Gasteiger charge is -2.17. The number of hydrogen-bond acceptors (Lipinski definition) is 6.